The van der Waals surface area contributed by atoms with Gasteiger partial charge in [-0.05, 0) is 18.6 Å². The molecule has 1 aromatic rings. The number of carbonyl (C=O) groups excluding carboxylic acids is 1. The van der Waals surface area contributed by atoms with E-state index in [1.54, 1.807) is 0 Å². The molecular weight excluding hydrogens is 320 g/mol. The molecule has 1 heterocycles. The van der Waals surface area contributed by atoms with Gasteiger partial charge < -0.3 is 35.4 Å². The Labute approximate surface area is 137 Å². The van der Waals surface area contributed by atoms with Gasteiger partial charge in [0.2, 0.25) is 5.78 Å². The van der Waals surface area contributed by atoms with Crippen LogP contribution in [0, 0.1) is 0 Å². The third-order valence-electron chi connectivity index (χ3n) is 3.52. The van der Waals surface area contributed by atoms with Crippen LogP contribution < -0.4 is 4.74 Å². The minimum atomic E-state index is -1.72. The number of aliphatic hydroxyl groups is 4. The van der Waals surface area contributed by atoms with Gasteiger partial charge in [0.25, 0.3) is 0 Å². The third kappa shape index (κ3) is 3.35. The highest BCUT2D eigenvalue weighted by Gasteiger charge is 2.39. The lowest BCUT2D eigenvalue weighted by molar-refractivity contribution is 0.0344. The first-order valence-corrected chi connectivity index (χ1v) is 7.10. The largest absolute Gasteiger partial charge is 0.510 e. The summed E-state index contributed by atoms with van der Waals surface area (Å²) >= 11 is 0. The highest BCUT2D eigenvalue weighted by atomic mass is 16.5. The van der Waals surface area contributed by atoms with E-state index in [4.69, 9.17) is 9.84 Å². The normalized spacial score (nSPS) is 22.8. The highest BCUT2D eigenvalue weighted by molar-refractivity contribution is 6.05. The van der Waals surface area contributed by atoms with E-state index in [1.807, 2.05) is 0 Å². The zero-order valence-electron chi connectivity index (χ0n) is 12.7. The van der Waals surface area contributed by atoms with Gasteiger partial charge in [-0.25, -0.2) is 0 Å². The maximum atomic E-state index is 12.3. The molecule has 1 aliphatic rings. The molecular formula is C16H18O8. The van der Waals surface area contributed by atoms with Gasteiger partial charge in [0.1, 0.15) is 34.7 Å². The van der Waals surface area contributed by atoms with Gasteiger partial charge in [0.05, 0.1) is 6.61 Å². The molecule has 0 amide bonds. The Kier molecular flexibility index (Phi) is 5.13. The number of hydrogen-bond acceptors (Lipinski definition) is 8. The van der Waals surface area contributed by atoms with Crippen LogP contribution >= 0.6 is 0 Å². The number of aromatic hydroxyl groups is 2. The minimum Gasteiger partial charge on any atom is -0.510 e. The predicted octanol–water partition coefficient (Wildman–Crippen LogP) is 0.144. The molecule has 1 aliphatic heterocycles. The summed E-state index contributed by atoms with van der Waals surface area (Å²) in [5.41, 5.74) is -0.228. The molecule has 24 heavy (non-hydrogen) atoms. The second-order valence-electron chi connectivity index (χ2n) is 5.32. The van der Waals surface area contributed by atoms with Crippen molar-refractivity contribution in [1.82, 2.24) is 0 Å². The highest BCUT2D eigenvalue weighted by Crippen LogP contribution is 2.39. The van der Waals surface area contributed by atoms with Gasteiger partial charge >= 0.3 is 0 Å². The van der Waals surface area contributed by atoms with E-state index in [-0.39, 0.29) is 22.6 Å². The van der Waals surface area contributed by atoms with Crippen LogP contribution in [0.2, 0.25) is 0 Å². The van der Waals surface area contributed by atoms with Gasteiger partial charge in [0, 0.05) is 12.1 Å². The average molecular weight is 338 g/mol. The Balaban J connectivity index is 2.49. The SMILES string of the molecule is CC(O)/C(O)=C\C(=C/CO)C1Oc2cc(O)cc(O)c2C(=O)C1O. The Hall–Kier alpha value is -2.55. The molecule has 0 aromatic heterocycles. The number of aliphatic hydroxyl groups excluding tert-OH is 4. The van der Waals surface area contributed by atoms with Crippen LogP contribution in [0.25, 0.3) is 0 Å². The summed E-state index contributed by atoms with van der Waals surface area (Å²) in [7, 11) is 0. The first-order valence-electron chi connectivity index (χ1n) is 7.10. The van der Waals surface area contributed by atoms with E-state index < -0.39 is 42.2 Å². The molecule has 3 unspecified atom stereocenters. The van der Waals surface area contributed by atoms with Crippen molar-refractivity contribution in [3.63, 3.8) is 0 Å². The van der Waals surface area contributed by atoms with Gasteiger partial charge in [-0.15, -0.1) is 0 Å². The zero-order chi connectivity index (χ0) is 18.0. The van der Waals surface area contributed by atoms with Crippen LogP contribution in [0.4, 0.5) is 0 Å². The lowest BCUT2D eigenvalue weighted by Crippen LogP contribution is -2.43. The molecule has 6 N–H and O–H groups in total. The van der Waals surface area contributed by atoms with Crippen molar-refractivity contribution >= 4 is 5.78 Å². The van der Waals surface area contributed by atoms with Crippen LogP contribution in [0.5, 0.6) is 17.2 Å². The summed E-state index contributed by atoms with van der Waals surface area (Å²) in [5, 5.41) is 57.6. The molecule has 0 bridgehead atoms. The topological polar surface area (TPSA) is 148 Å². The Morgan fingerprint density at radius 2 is 2.04 bits per heavy atom. The number of ketones is 1. The van der Waals surface area contributed by atoms with Gasteiger partial charge in [-0.1, -0.05) is 6.08 Å². The average Bonchev–Trinajstić information content (AvgIpc) is 2.49. The van der Waals surface area contributed by atoms with E-state index in [2.05, 4.69) is 0 Å². The van der Waals surface area contributed by atoms with Gasteiger partial charge in [-0.2, -0.15) is 0 Å². The summed E-state index contributed by atoms with van der Waals surface area (Å²) in [6, 6.07) is 2.04. The number of ether oxygens (including phenoxy) is 1. The first-order chi connectivity index (χ1) is 11.3. The monoisotopic (exact) mass is 338 g/mol. The van der Waals surface area contributed by atoms with Crippen molar-refractivity contribution in [2.75, 3.05) is 6.61 Å². The van der Waals surface area contributed by atoms with Crippen molar-refractivity contribution in [3.8, 4) is 17.2 Å². The van der Waals surface area contributed by atoms with Crippen molar-refractivity contribution in [1.29, 1.82) is 0 Å². The fourth-order valence-electron chi connectivity index (χ4n) is 2.32. The molecule has 0 spiro atoms. The summed E-state index contributed by atoms with van der Waals surface area (Å²) in [6.07, 6.45) is -1.98. The minimum absolute atomic E-state index is 0.0465. The molecule has 8 nitrogen and oxygen atoms in total. The molecule has 130 valence electrons. The van der Waals surface area contributed by atoms with E-state index in [9.17, 15) is 30.3 Å². The van der Waals surface area contributed by atoms with E-state index in [0.717, 1.165) is 18.2 Å². The molecule has 0 fully saturated rings. The molecule has 0 aliphatic carbocycles. The number of rotatable bonds is 4. The van der Waals surface area contributed by atoms with Crippen molar-refractivity contribution in [3.05, 3.63) is 41.2 Å². The second-order valence-corrected chi connectivity index (χ2v) is 5.32. The van der Waals surface area contributed by atoms with Crippen LogP contribution in [-0.2, 0) is 0 Å². The Bertz CT molecular complexity index is 704. The summed E-state index contributed by atoms with van der Waals surface area (Å²) in [5.74, 6) is -2.33. The molecule has 0 saturated carbocycles. The molecule has 0 radical (unpaired) electrons. The molecule has 8 heteroatoms. The van der Waals surface area contributed by atoms with Crippen LogP contribution in [0.15, 0.2) is 35.6 Å². The molecule has 3 atom stereocenters. The standard InChI is InChI=1S/C16H18O8/c1-7(18)10(20)4-8(2-3-17)16-15(23)14(22)13-11(21)5-9(19)6-12(13)24-16/h2,4-7,15-21,23H,3H2,1H3/b8-2+,10-4+. The van der Waals surface area contributed by atoms with Crippen LogP contribution in [0.3, 0.4) is 0 Å². The van der Waals surface area contributed by atoms with Crippen molar-refractivity contribution < 1.29 is 40.2 Å². The van der Waals surface area contributed by atoms with Crippen LogP contribution in [0.1, 0.15) is 17.3 Å². The maximum absolute atomic E-state index is 12.3. The summed E-state index contributed by atoms with van der Waals surface area (Å²) in [4.78, 5) is 12.3. The maximum Gasteiger partial charge on any atom is 0.202 e. The van der Waals surface area contributed by atoms with Crippen molar-refractivity contribution in [2.45, 2.75) is 25.2 Å². The lowest BCUT2D eigenvalue weighted by Gasteiger charge is -2.31. The second kappa shape index (κ2) is 6.91. The predicted molar refractivity (Wildman–Crippen MR) is 82.1 cm³/mol. The quantitative estimate of drug-likeness (QED) is 0.336. The molecule has 1 aromatic carbocycles. The number of hydrogen-bond donors (Lipinski definition) is 6. The number of fused-ring (bicyclic) bond motifs is 1. The Morgan fingerprint density at radius 1 is 1.38 bits per heavy atom. The fraction of sp³-hybridized carbons (Fsp3) is 0.312. The van der Waals surface area contributed by atoms with E-state index >= 15 is 0 Å². The number of phenols is 2. The van der Waals surface area contributed by atoms with Crippen LogP contribution in [-0.4, -0.2) is 61.3 Å². The van der Waals surface area contributed by atoms with E-state index in [1.165, 1.54) is 13.0 Å². The number of phenolic OH excluding ortho intramolecular Hbond substituents is 2. The molecule has 2 rings (SSSR count). The zero-order valence-corrected chi connectivity index (χ0v) is 12.7. The third-order valence-corrected chi connectivity index (χ3v) is 3.52. The lowest BCUT2D eigenvalue weighted by atomic mass is 9.92. The number of benzene rings is 1. The first kappa shape index (κ1) is 17.8. The van der Waals surface area contributed by atoms with Gasteiger partial charge in [0.15, 0.2) is 12.2 Å². The number of Topliss-reactive ketones (excluding diaryl/α,β-unsaturated/α-hetero) is 1. The smallest absolute Gasteiger partial charge is 0.202 e. The number of carbonyl (C=O) groups is 1. The summed E-state index contributed by atoms with van der Waals surface area (Å²) < 4.78 is 5.46. The van der Waals surface area contributed by atoms with Crippen molar-refractivity contribution in [2.24, 2.45) is 0 Å². The fourth-order valence-corrected chi connectivity index (χ4v) is 2.32. The van der Waals surface area contributed by atoms with E-state index in [0.29, 0.717) is 0 Å². The molecule has 0 saturated heterocycles. The Morgan fingerprint density at radius 3 is 2.62 bits per heavy atom. The van der Waals surface area contributed by atoms with Gasteiger partial charge in [-0.3, -0.25) is 4.79 Å². The summed E-state index contributed by atoms with van der Waals surface area (Å²) in [6.45, 7) is 0.828.